The predicted molar refractivity (Wildman–Crippen MR) is 210 cm³/mol. The fraction of sp³-hybridized carbons (Fsp3) is 0.535. The molecule has 2 heterocycles. The number of para-hydroxylation sites is 2. The number of hydrogen-bond donors (Lipinski definition) is 5. The van der Waals surface area contributed by atoms with Gasteiger partial charge < -0.3 is 35.8 Å². The SMILES string of the molecule is COc1c(CN2O[C@@H](CO)[C@H]([C@H](C)O)[C@H]2C(=O)N[C@H]2C[C@H]3C[C@H]([C@@H]2C)C3(C)C)cccc1-c1cc(C(=O)NC2CNc3ccccc3C2)cc(N(C)C)c1. The van der Waals surface area contributed by atoms with Crippen molar-refractivity contribution in [3.63, 3.8) is 0 Å². The van der Waals surface area contributed by atoms with Crippen LogP contribution in [0.25, 0.3) is 11.1 Å². The van der Waals surface area contributed by atoms with E-state index in [0.717, 1.165) is 40.9 Å². The Hall–Kier alpha value is -4.16. The highest BCUT2D eigenvalue weighted by Crippen LogP contribution is 2.61. The largest absolute Gasteiger partial charge is 0.496 e. The lowest BCUT2D eigenvalue weighted by atomic mass is 9.45. The first-order valence-corrected chi connectivity index (χ1v) is 19.4. The Bertz CT molecular complexity index is 1860. The van der Waals surface area contributed by atoms with E-state index in [4.69, 9.17) is 9.57 Å². The highest BCUT2D eigenvalue weighted by Gasteiger charge is 2.57. The van der Waals surface area contributed by atoms with Gasteiger partial charge in [0, 0.05) is 60.7 Å². The van der Waals surface area contributed by atoms with Crippen molar-refractivity contribution in [2.45, 2.75) is 83.8 Å². The summed E-state index contributed by atoms with van der Waals surface area (Å²) in [7, 11) is 5.50. The van der Waals surface area contributed by atoms with Crippen molar-refractivity contribution in [1.29, 1.82) is 0 Å². The summed E-state index contributed by atoms with van der Waals surface area (Å²) in [6, 6.07) is 18.9. The fourth-order valence-corrected chi connectivity index (χ4v) is 9.80. The summed E-state index contributed by atoms with van der Waals surface area (Å²) >= 11 is 0. The summed E-state index contributed by atoms with van der Waals surface area (Å²) in [5, 5.41) is 32.9. The van der Waals surface area contributed by atoms with Crippen LogP contribution in [0.2, 0.25) is 0 Å². The third-order valence-electron chi connectivity index (χ3n) is 13.1. The number of carbonyl (C=O) groups excluding carboxylic acids is 2. The van der Waals surface area contributed by atoms with E-state index in [2.05, 4.69) is 48.9 Å². The zero-order valence-corrected chi connectivity index (χ0v) is 32.6. The Morgan fingerprint density at radius 1 is 1.09 bits per heavy atom. The third kappa shape index (κ3) is 7.07. The number of rotatable bonds is 11. The molecule has 3 aliphatic carbocycles. The van der Waals surface area contributed by atoms with Crippen LogP contribution < -0.4 is 25.6 Å². The van der Waals surface area contributed by atoms with Crippen molar-refractivity contribution in [3.8, 4) is 16.9 Å². The normalized spacial score (nSPS) is 28.9. The highest BCUT2D eigenvalue weighted by molar-refractivity contribution is 5.97. The number of ether oxygens (including phenoxy) is 1. The van der Waals surface area contributed by atoms with Gasteiger partial charge in [0.05, 0.1) is 32.4 Å². The molecule has 3 saturated carbocycles. The van der Waals surface area contributed by atoms with Gasteiger partial charge in [-0.1, -0.05) is 57.2 Å². The van der Waals surface area contributed by atoms with Gasteiger partial charge in [-0.2, -0.15) is 5.06 Å². The second-order valence-electron chi connectivity index (χ2n) is 16.8. The molecule has 0 radical (unpaired) electrons. The molecule has 3 aromatic carbocycles. The van der Waals surface area contributed by atoms with Crippen LogP contribution in [0.1, 0.15) is 62.0 Å². The van der Waals surface area contributed by atoms with Crippen molar-refractivity contribution >= 4 is 23.2 Å². The lowest BCUT2D eigenvalue weighted by Crippen LogP contribution is -2.62. The van der Waals surface area contributed by atoms with Crippen LogP contribution in [-0.4, -0.2) is 91.8 Å². The monoisotopic (exact) mass is 739 g/mol. The molecule has 5 aliphatic rings. The van der Waals surface area contributed by atoms with Crippen LogP contribution in [0.15, 0.2) is 60.7 Å². The number of aliphatic hydroxyl groups is 2. The molecular weight excluding hydrogens is 683 g/mol. The first kappa shape index (κ1) is 38.1. The smallest absolute Gasteiger partial charge is 0.251 e. The van der Waals surface area contributed by atoms with E-state index in [0.29, 0.717) is 35.6 Å². The minimum absolute atomic E-state index is 0.0392. The van der Waals surface area contributed by atoms with Gasteiger partial charge in [0.2, 0.25) is 5.91 Å². The second-order valence-corrected chi connectivity index (χ2v) is 16.8. The molecule has 8 rings (SSSR count). The maximum Gasteiger partial charge on any atom is 0.251 e. The van der Waals surface area contributed by atoms with E-state index >= 15 is 0 Å². The van der Waals surface area contributed by atoms with Crippen molar-refractivity contribution in [1.82, 2.24) is 15.7 Å². The number of methoxy groups -OCH3 is 1. The molecule has 5 N–H and O–H groups in total. The maximum absolute atomic E-state index is 14.3. The Kier molecular flexibility index (Phi) is 10.7. The number of carbonyl (C=O) groups is 2. The zero-order chi connectivity index (χ0) is 38.5. The molecule has 2 amide bonds. The van der Waals surface area contributed by atoms with E-state index in [9.17, 15) is 19.8 Å². The first-order chi connectivity index (χ1) is 25.8. The number of aliphatic hydroxyl groups excluding tert-OH is 2. The van der Waals surface area contributed by atoms with Gasteiger partial charge in [-0.15, -0.1) is 0 Å². The van der Waals surface area contributed by atoms with Crippen LogP contribution in [0, 0.1) is 29.1 Å². The number of benzene rings is 3. The summed E-state index contributed by atoms with van der Waals surface area (Å²) in [6.07, 6.45) is 1.23. The number of fused-ring (bicyclic) bond motifs is 3. The maximum atomic E-state index is 14.3. The second kappa shape index (κ2) is 15.2. The minimum atomic E-state index is -0.898. The number of hydrogen-bond acceptors (Lipinski definition) is 9. The Morgan fingerprint density at radius 3 is 2.56 bits per heavy atom. The highest BCUT2D eigenvalue weighted by atomic mass is 16.7. The van der Waals surface area contributed by atoms with Gasteiger partial charge in [-0.3, -0.25) is 14.4 Å². The standard InChI is InChI=1S/C43H57N5O6/c1-24-34-19-30(43(34,3)4)20-36(24)46-42(52)39-38(25(2)50)37(23-49)54-48(39)22-27-12-10-13-33(40(27)53-7)28-15-29(18-32(17-28)47(5)6)41(51)45-31-16-26-11-8-9-14-35(26)44-21-31/h8-15,17-18,24-25,30-31,34,36-39,44,49-50H,16,19-23H2,1-7H3,(H,45,51)(H,46,52)/t24-,25-,30+,31?,34+,36-,37-,38-,39-/m0/s1. The number of hydroxylamine groups is 2. The molecule has 4 fully saturated rings. The molecule has 3 aromatic rings. The lowest BCUT2D eigenvalue weighted by Gasteiger charge is -2.62. The lowest BCUT2D eigenvalue weighted by molar-refractivity contribution is -0.183. The van der Waals surface area contributed by atoms with Gasteiger partial charge in [-0.25, -0.2) is 0 Å². The topological polar surface area (TPSA) is 136 Å². The van der Waals surface area contributed by atoms with Gasteiger partial charge >= 0.3 is 0 Å². The number of nitrogens with one attached hydrogen (secondary N) is 3. The van der Waals surface area contributed by atoms with Crippen molar-refractivity contribution in [3.05, 3.63) is 77.4 Å². The van der Waals surface area contributed by atoms with Crippen LogP contribution in [0.4, 0.5) is 11.4 Å². The minimum Gasteiger partial charge on any atom is -0.496 e. The molecule has 0 spiro atoms. The summed E-state index contributed by atoms with van der Waals surface area (Å²) in [5.41, 5.74) is 6.30. The molecule has 9 atom stereocenters. The van der Waals surface area contributed by atoms with E-state index in [1.54, 1.807) is 19.1 Å². The summed E-state index contributed by atoms with van der Waals surface area (Å²) in [6.45, 7) is 9.04. The molecule has 11 heteroatoms. The van der Waals surface area contributed by atoms with Gasteiger partial charge in [-0.05, 0) is 84.7 Å². The van der Waals surface area contributed by atoms with Crippen molar-refractivity contribution in [2.24, 2.45) is 29.1 Å². The Morgan fingerprint density at radius 2 is 1.87 bits per heavy atom. The molecule has 1 unspecified atom stereocenters. The summed E-state index contributed by atoms with van der Waals surface area (Å²) in [4.78, 5) is 36.3. The summed E-state index contributed by atoms with van der Waals surface area (Å²) < 4.78 is 6.09. The van der Waals surface area contributed by atoms with Crippen molar-refractivity contribution < 1.29 is 29.4 Å². The Labute approximate surface area is 319 Å². The quantitative estimate of drug-likeness (QED) is 0.187. The number of amides is 2. The Balaban J connectivity index is 1.15. The van der Waals surface area contributed by atoms with Crippen LogP contribution >= 0.6 is 0 Å². The number of nitrogens with zero attached hydrogens (tertiary/aromatic N) is 2. The van der Waals surface area contributed by atoms with E-state index in [-0.39, 0.29) is 42.5 Å². The summed E-state index contributed by atoms with van der Waals surface area (Å²) in [5.74, 6) is 1.05. The zero-order valence-electron chi connectivity index (χ0n) is 32.6. The van der Waals surface area contributed by atoms with Crippen LogP contribution in [0.3, 0.4) is 0 Å². The molecule has 54 heavy (non-hydrogen) atoms. The molecule has 1 saturated heterocycles. The van der Waals surface area contributed by atoms with Crippen molar-refractivity contribution in [2.75, 3.05) is 44.6 Å². The average molecular weight is 740 g/mol. The molecule has 290 valence electrons. The van der Waals surface area contributed by atoms with E-state index < -0.39 is 24.2 Å². The third-order valence-corrected chi connectivity index (χ3v) is 13.1. The van der Waals surface area contributed by atoms with Crippen LogP contribution in [-0.2, 0) is 22.6 Å². The van der Waals surface area contributed by atoms with Gasteiger partial charge in [0.1, 0.15) is 17.9 Å². The van der Waals surface area contributed by atoms with Gasteiger partial charge in [0.25, 0.3) is 5.91 Å². The predicted octanol–water partition coefficient (Wildman–Crippen LogP) is 4.86. The number of anilines is 2. The average Bonchev–Trinajstić information content (AvgIpc) is 3.53. The van der Waals surface area contributed by atoms with E-state index in [1.807, 2.05) is 67.5 Å². The molecule has 2 bridgehead atoms. The molecule has 11 nitrogen and oxygen atoms in total. The van der Waals surface area contributed by atoms with Crippen LogP contribution in [0.5, 0.6) is 5.75 Å². The molecular formula is C43H57N5O6. The van der Waals surface area contributed by atoms with Gasteiger partial charge in [0.15, 0.2) is 0 Å². The fourth-order valence-electron chi connectivity index (χ4n) is 9.80. The first-order valence-electron chi connectivity index (χ1n) is 19.4. The molecule has 2 aliphatic heterocycles. The molecule has 0 aromatic heterocycles. The van der Waals surface area contributed by atoms with E-state index in [1.165, 1.54) is 12.0 Å².